The van der Waals surface area contributed by atoms with Gasteiger partial charge in [-0.3, -0.25) is 0 Å². The summed E-state index contributed by atoms with van der Waals surface area (Å²) in [6.45, 7) is 7.60. The van der Waals surface area contributed by atoms with Crippen molar-refractivity contribution >= 4 is 0 Å². The summed E-state index contributed by atoms with van der Waals surface area (Å²) in [6.07, 6.45) is 1.02. The number of nitrogens with one attached hydrogen (secondary N) is 1. The molecule has 3 heteroatoms. The number of hydrogen-bond donors (Lipinski definition) is 1. The van der Waals surface area contributed by atoms with Crippen LogP contribution >= 0.6 is 0 Å². The van der Waals surface area contributed by atoms with Crippen LogP contribution in [0.3, 0.4) is 0 Å². The Morgan fingerprint density at radius 1 is 1.17 bits per heavy atom. The monoisotopic (exact) mass is 251 g/mol. The van der Waals surface area contributed by atoms with Crippen molar-refractivity contribution in [3.63, 3.8) is 0 Å². The highest BCUT2D eigenvalue weighted by Crippen LogP contribution is 2.35. The molecule has 1 unspecified atom stereocenters. The highest BCUT2D eigenvalue weighted by Gasteiger charge is 2.17. The average Bonchev–Trinajstić information content (AvgIpc) is 2.38. The maximum atomic E-state index is 5.49. The van der Waals surface area contributed by atoms with Crippen LogP contribution in [0.2, 0.25) is 0 Å². The molecule has 1 aromatic rings. The van der Waals surface area contributed by atoms with Crippen molar-refractivity contribution in [1.29, 1.82) is 0 Å². The van der Waals surface area contributed by atoms with Crippen molar-refractivity contribution < 1.29 is 9.47 Å². The zero-order valence-corrected chi connectivity index (χ0v) is 12.1. The first-order valence-corrected chi connectivity index (χ1v) is 6.58. The highest BCUT2D eigenvalue weighted by molar-refractivity contribution is 5.48. The van der Waals surface area contributed by atoms with Crippen LogP contribution in [-0.4, -0.2) is 20.8 Å². The predicted molar refractivity (Wildman–Crippen MR) is 75.4 cm³/mol. The molecular formula is C15H25NO2. The van der Waals surface area contributed by atoms with E-state index in [0.717, 1.165) is 24.5 Å². The molecule has 3 nitrogen and oxygen atoms in total. The summed E-state index contributed by atoms with van der Waals surface area (Å²) < 4.78 is 10.8. The Kier molecular flexibility index (Phi) is 5.99. The Morgan fingerprint density at radius 2 is 1.89 bits per heavy atom. The molecule has 1 atom stereocenters. The van der Waals surface area contributed by atoms with E-state index in [9.17, 15) is 0 Å². The van der Waals surface area contributed by atoms with Crippen LogP contribution in [0, 0.1) is 5.92 Å². The van der Waals surface area contributed by atoms with Gasteiger partial charge in [0.25, 0.3) is 0 Å². The summed E-state index contributed by atoms with van der Waals surface area (Å²) in [5.41, 5.74) is 1.17. The van der Waals surface area contributed by atoms with E-state index in [1.807, 2.05) is 12.1 Å². The van der Waals surface area contributed by atoms with Gasteiger partial charge in [0, 0.05) is 11.6 Å². The minimum absolute atomic E-state index is 0.303. The van der Waals surface area contributed by atoms with Gasteiger partial charge in [-0.1, -0.05) is 32.9 Å². The fraction of sp³-hybridized carbons (Fsp3) is 0.600. The topological polar surface area (TPSA) is 30.5 Å². The van der Waals surface area contributed by atoms with E-state index in [1.54, 1.807) is 14.2 Å². The molecule has 1 aromatic carbocycles. The van der Waals surface area contributed by atoms with Gasteiger partial charge in [0.1, 0.15) is 0 Å². The first-order chi connectivity index (χ1) is 8.63. The van der Waals surface area contributed by atoms with E-state index in [-0.39, 0.29) is 0 Å². The van der Waals surface area contributed by atoms with E-state index in [0.29, 0.717) is 12.0 Å². The molecule has 18 heavy (non-hydrogen) atoms. The third-order valence-electron chi connectivity index (χ3n) is 2.99. The number of ether oxygens (including phenoxy) is 2. The molecule has 0 amide bonds. The fourth-order valence-electron chi connectivity index (χ4n) is 2.04. The lowest BCUT2D eigenvalue weighted by molar-refractivity contribution is 0.344. The van der Waals surface area contributed by atoms with Gasteiger partial charge in [0.15, 0.2) is 11.5 Å². The summed E-state index contributed by atoms with van der Waals surface area (Å²) in [6, 6.07) is 6.34. The van der Waals surface area contributed by atoms with Gasteiger partial charge < -0.3 is 14.8 Å². The summed E-state index contributed by atoms with van der Waals surface area (Å²) in [4.78, 5) is 0. The van der Waals surface area contributed by atoms with Crippen molar-refractivity contribution in [1.82, 2.24) is 5.32 Å². The molecule has 102 valence electrons. The zero-order valence-electron chi connectivity index (χ0n) is 12.1. The molecule has 0 saturated carbocycles. The number of benzene rings is 1. The lowest BCUT2D eigenvalue weighted by Crippen LogP contribution is -2.25. The van der Waals surface area contributed by atoms with Crippen molar-refractivity contribution in [2.24, 2.45) is 5.92 Å². The average molecular weight is 251 g/mol. The van der Waals surface area contributed by atoms with Gasteiger partial charge in [-0.25, -0.2) is 0 Å². The number of rotatable bonds is 7. The quantitative estimate of drug-likeness (QED) is 0.805. The fourth-order valence-corrected chi connectivity index (χ4v) is 2.04. The van der Waals surface area contributed by atoms with Crippen LogP contribution in [0.1, 0.15) is 38.8 Å². The van der Waals surface area contributed by atoms with E-state index in [2.05, 4.69) is 32.2 Å². The Hall–Kier alpha value is -1.22. The Labute approximate surface area is 110 Å². The predicted octanol–water partition coefficient (Wildman–Crippen LogP) is 3.40. The normalized spacial score (nSPS) is 12.6. The van der Waals surface area contributed by atoms with Crippen LogP contribution in [0.5, 0.6) is 11.5 Å². The summed E-state index contributed by atoms with van der Waals surface area (Å²) in [5, 5.41) is 3.58. The second kappa shape index (κ2) is 7.27. The molecule has 0 aliphatic rings. The Balaban J connectivity index is 2.97. The molecule has 0 aliphatic heterocycles. The molecule has 0 aliphatic carbocycles. The maximum Gasteiger partial charge on any atom is 0.165 e. The maximum absolute atomic E-state index is 5.49. The van der Waals surface area contributed by atoms with Crippen LogP contribution in [0.25, 0.3) is 0 Å². The molecular weight excluding hydrogens is 226 g/mol. The van der Waals surface area contributed by atoms with Crippen molar-refractivity contribution in [3.05, 3.63) is 23.8 Å². The highest BCUT2D eigenvalue weighted by atomic mass is 16.5. The van der Waals surface area contributed by atoms with Gasteiger partial charge in [0.2, 0.25) is 0 Å². The van der Waals surface area contributed by atoms with E-state index in [4.69, 9.17) is 9.47 Å². The minimum atomic E-state index is 0.303. The van der Waals surface area contributed by atoms with Crippen LogP contribution in [-0.2, 0) is 0 Å². The SMILES string of the molecule is CCC(NCC(C)C)c1cccc(OC)c1OC. The smallest absolute Gasteiger partial charge is 0.165 e. The first kappa shape index (κ1) is 14.8. The third-order valence-corrected chi connectivity index (χ3v) is 2.99. The van der Waals surface area contributed by atoms with E-state index >= 15 is 0 Å². The van der Waals surface area contributed by atoms with Crippen LogP contribution in [0.4, 0.5) is 0 Å². The molecule has 1 N–H and O–H groups in total. The summed E-state index contributed by atoms with van der Waals surface area (Å²) >= 11 is 0. The number of para-hydroxylation sites is 1. The van der Waals surface area contributed by atoms with Gasteiger partial charge in [-0.15, -0.1) is 0 Å². The van der Waals surface area contributed by atoms with Crippen LogP contribution in [0.15, 0.2) is 18.2 Å². The molecule has 0 heterocycles. The molecule has 0 saturated heterocycles. The largest absolute Gasteiger partial charge is 0.493 e. The van der Waals surface area contributed by atoms with E-state index < -0.39 is 0 Å². The van der Waals surface area contributed by atoms with Crippen molar-refractivity contribution in [2.75, 3.05) is 20.8 Å². The lowest BCUT2D eigenvalue weighted by Gasteiger charge is -2.22. The third kappa shape index (κ3) is 3.64. The van der Waals surface area contributed by atoms with Crippen molar-refractivity contribution in [2.45, 2.75) is 33.2 Å². The zero-order chi connectivity index (χ0) is 13.5. The Bertz CT molecular complexity index is 364. The summed E-state index contributed by atoms with van der Waals surface area (Å²) in [5.74, 6) is 2.26. The van der Waals surface area contributed by atoms with Gasteiger partial charge in [0.05, 0.1) is 14.2 Å². The van der Waals surface area contributed by atoms with E-state index in [1.165, 1.54) is 5.56 Å². The van der Waals surface area contributed by atoms with Crippen molar-refractivity contribution in [3.8, 4) is 11.5 Å². The molecule has 0 fully saturated rings. The molecule has 0 bridgehead atoms. The van der Waals surface area contributed by atoms with Crippen LogP contribution < -0.4 is 14.8 Å². The van der Waals surface area contributed by atoms with Gasteiger partial charge >= 0.3 is 0 Å². The standard InChI is InChI=1S/C15H25NO2/c1-6-13(16-10-11(2)3)12-8-7-9-14(17-4)15(12)18-5/h7-9,11,13,16H,6,10H2,1-5H3. The van der Waals surface area contributed by atoms with Gasteiger partial charge in [-0.2, -0.15) is 0 Å². The second-order valence-corrected chi connectivity index (χ2v) is 4.85. The van der Waals surface area contributed by atoms with Gasteiger partial charge in [-0.05, 0) is 24.9 Å². The minimum Gasteiger partial charge on any atom is -0.493 e. The summed E-state index contributed by atoms with van der Waals surface area (Å²) in [7, 11) is 3.36. The number of methoxy groups -OCH3 is 2. The molecule has 0 spiro atoms. The number of hydrogen-bond acceptors (Lipinski definition) is 3. The second-order valence-electron chi connectivity index (χ2n) is 4.85. The Morgan fingerprint density at radius 3 is 2.39 bits per heavy atom. The first-order valence-electron chi connectivity index (χ1n) is 6.58. The lowest BCUT2D eigenvalue weighted by atomic mass is 10.0. The molecule has 0 aromatic heterocycles. The molecule has 1 rings (SSSR count). The molecule has 0 radical (unpaired) electrons.